The van der Waals surface area contributed by atoms with Crippen molar-refractivity contribution >= 4 is 5.69 Å². The summed E-state index contributed by atoms with van der Waals surface area (Å²) in [6.45, 7) is 11.6. The molecule has 0 bridgehead atoms. The normalized spacial score (nSPS) is 12.0. The predicted molar refractivity (Wildman–Crippen MR) is 82.7 cm³/mol. The van der Waals surface area contributed by atoms with Gasteiger partial charge in [-0.2, -0.15) is 0 Å². The molecule has 0 spiro atoms. The SMILES string of the molecule is Cc1cc(N(C)C(C)(C)CO)ccc1CNC(C)C. The fraction of sp³-hybridized carbons (Fsp3) is 0.625. The van der Waals surface area contributed by atoms with Crippen molar-refractivity contribution in [3.63, 3.8) is 0 Å². The first kappa shape index (κ1) is 16.0. The Kier molecular flexibility index (Phi) is 5.39. The van der Waals surface area contributed by atoms with E-state index >= 15 is 0 Å². The number of aryl methyl sites for hydroxylation is 1. The summed E-state index contributed by atoms with van der Waals surface area (Å²) in [5.41, 5.74) is 3.51. The third-order valence-corrected chi connectivity index (χ3v) is 3.71. The van der Waals surface area contributed by atoms with Crippen LogP contribution in [-0.2, 0) is 6.54 Å². The zero-order valence-electron chi connectivity index (χ0n) is 13.1. The molecule has 0 heterocycles. The van der Waals surface area contributed by atoms with Crippen LogP contribution >= 0.6 is 0 Å². The number of nitrogens with one attached hydrogen (secondary N) is 1. The van der Waals surface area contributed by atoms with E-state index in [-0.39, 0.29) is 12.1 Å². The zero-order chi connectivity index (χ0) is 14.6. The Morgan fingerprint density at radius 1 is 1.32 bits per heavy atom. The number of hydrogen-bond acceptors (Lipinski definition) is 3. The molecule has 0 radical (unpaired) electrons. The van der Waals surface area contributed by atoms with Gasteiger partial charge in [0.05, 0.1) is 12.1 Å². The van der Waals surface area contributed by atoms with Gasteiger partial charge in [-0.25, -0.2) is 0 Å². The van der Waals surface area contributed by atoms with Crippen molar-refractivity contribution in [2.24, 2.45) is 0 Å². The van der Waals surface area contributed by atoms with Gasteiger partial charge in [-0.15, -0.1) is 0 Å². The minimum absolute atomic E-state index is 0.138. The maximum Gasteiger partial charge on any atom is 0.0658 e. The third kappa shape index (κ3) is 4.22. The van der Waals surface area contributed by atoms with Crippen LogP contribution in [0, 0.1) is 6.92 Å². The molecule has 0 amide bonds. The highest BCUT2D eigenvalue weighted by Gasteiger charge is 2.22. The van der Waals surface area contributed by atoms with Crippen LogP contribution in [0.25, 0.3) is 0 Å². The minimum atomic E-state index is -0.246. The standard InChI is InChI=1S/C16H28N2O/c1-12(2)17-10-14-7-8-15(9-13(14)3)18(6)16(4,5)11-19/h7-9,12,17,19H,10-11H2,1-6H3. The minimum Gasteiger partial charge on any atom is -0.394 e. The average Bonchev–Trinajstić information content (AvgIpc) is 2.36. The molecule has 0 atom stereocenters. The molecule has 19 heavy (non-hydrogen) atoms. The lowest BCUT2D eigenvalue weighted by atomic mass is 10.0. The van der Waals surface area contributed by atoms with Crippen LogP contribution in [0.1, 0.15) is 38.8 Å². The van der Waals surface area contributed by atoms with Crippen LogP contribution in [0.5, 0.6) is 0 Å². The van der Waals surface area contributed by atoms with Crippen LogP contribution in [0.3, 0.4) is 0 Å². The average molecular weight is 264 g/mol. The van der Waals surface area contributed by atoms with Gasteiger partial charge in [0.1, 0.15) is 0 Å². The predicted octanol–water partition coefficient (Wildman–Crippen LogP) is 2.70. The van der Waals surface area contributed by atoms with Gasteiger partial charge in [-0.3, -0.25) is 0 Å². The Balaban J connectivity index is 2.87. The highest BCUT2D eigenvalue weighted by Crippen LogP contribution is 2.24. The van der Waals surface area contributed by atoms with E-state index in [1.165, 1.54) is 11.1 Å². The summed E-state index contributed by atoms with van der Waals surface area (Å²) >= 11 is 0. The molecular weight excluding hydrogens is 236 g/mol. The largest absolute Gasteiger partial charge is 0.394 e. The third-order valence-electron chi connectivity index (χ3n) is 3.71. The lowest BCUT2D eigenvalue weighted by Gasteiger charge is -2.36. The van der Waals surface area contributed by atoms with Crippen LogP contribution in [0.2, 0.25) is 0 Å². The fourth-order valence-corrected chi connectivity index (χ4v) is 1.86. The van der Waals surface area contributed by atoms with E-state index in [1.54, 1.807) is 0 Å². The summed E-state index contributed by atoms with van der Waals surface area (Å²) in [5, 5.41) is 12.9. The molecule has 2 N–H and O–H groups in total. The molecule has 0 saturated carbocycles. The lowest BCUT2D eigenvalue weighted by Crippen LogP contribution is -2.44. The van der Waals surface area contributed by atoms with Crippen molar-refractivity contribution in [1.29, 1.82) is 0 Å². The van der Waals surface area contributed by atoms with Gasteiger partial charge in [-0.1, -0.05) is 19.9 Å². The number of likely N-dealkylation sites (N-methyl/N-ethyl adjacent to an activating group) is 1. The van der Waals surface area contributed by atoms with E-state index in [1.807, 2.05) is 20.9 Å². The number of anilines is 1. The molecule has 0 aliphatic heterocycles. The molecule has 1 aromatic rings. The number of benzene rings is 1. The van der Waals surface area contributed by atoms with E-state index in [2.05, 4.69) is 49.2 Å². The van der Waals surface area contributed by atoms with Gasteiger partial charge < -0.3 is 15.3 Å². The van der Waals surface area contributed by atoms with Gasteiger partial charge >= 0.3 is 0 Å². The Labute approximate surface area is 117 Å². The zero-order valence-corrected chi connectivity index (χ0v) is 13.1. The van der Waals surface area contributed by atoms with Crippen molar-refractivity contribution in [3.8, 4) is 0 Å². The Morgan fingerprint density at radius 2 is 1.95 bits per heavy atom. The van der Waals surface area contributed by atoms with E-state index < -0.39 is 0 Å². The second kappa shape index (κ2) is 6.40. The highest BCUT2D eigenvalue weighted by atomic mass is 16.3. The monoisotopic (exact) mass is 264 g/mol. The molecule has 0 fully saturated rings. The molecule has 0 aliphatic carbocycles. The second-order valence-corrected chi connectivity index (χ2v) is 6.18. The van der Waals surface area contributed by atoms with Gasteiger partial charge in [0.15, 0.2) is 0 Å². The Hall–Kier alpha value is -1.06. The van der Waals surface area contributed by atoms with Gasteiger partial charge in [0.2, 0.25) is 0 Å². The van der Waals surface area contributed by atoms with Crippen LogP contribution in [-0.4, -0.2) is 30.3 Å². The van der Waals surface area contributed by atoms with E-state index in [4.69, 9.17) is 0 Å². The summed E-state index contributed by atoms with van der Waals surface area (Å²) in [5.74, 6) is 0. The van der Waals surface area contributed by atoms with Crippen LogP contribution in [0.15, 0.2) is 18.2 Å². The molecule has 0 aliphatic rings. The van der Waals surface area contributed by atoms with Crippen molar-refractivity contribution in [3.05, 3.63) is 29.3 Å². The van der Waals surface area contributed by atoms with E-state index in [9.17, 15) is 5.11 Å². The molecule has 108 valence electrons. The summed E-state index contributed by atoms with van der Waals surface area (Å²) in [6.07, 6.45) is 0. The quantitative estimate of drug-likeness (QED) is 0.829. The highest BCUT2D eigenvalue weighted by molar-refractivity contribution is 5.52. The smallest absolute Gasteiger partial charge is 0.0658 e. The number of nitrogens with zero attached hydrogens (tertiary/aromatic N) is 1. The van der Waals surface area contributed by atoms with Crippen LogP contribution < -0.4 is 10.2 Å². The van der Waals surface area contributed by atoms with Crippen molar-refractivity contribution in [2.75, 3.05) is 18.6 Å². The van der Waals surface area contributed by atoms with Crippen molar-refractivity contribution < 1.29 is 5.11 Å². The summed E-state index contributed by atoms with van der Waals surface area (Å²) in [4.78, 5) is 2.12. The van der Waals surface area contributed by atoms with Gasteiger partial charge in [0, 0.05) is 25.3 Å². The maximum atomic E-state index is 9.44. The number of aliphatic hydroxyl groups is 1. The first-order valence-electron chi connectivity index (χ1n) is 6.95. The van der Waals surface area contributed by atoms with Crippen molar-refractivity contribution in [2.45, 2.75) is 52.7 Å². The number of hydrogen-bond donors (Lipinski definition) is 2. The topological polar surface area (TPSA) is 35.5 Å². The second-order valence-electron chi connectivity index (χ2n) is 6.18. The van der Waals surface area contributed by atoms with E-state index in [0.29, 0.717) is 6.04 Å². The molecule has 3 nitrogen and oxygen atoms in total. The fourth-order valence-electron chi connectivity index (χ4n) is 1.86. The molecule has 0 aromatic heterocycles. The molecular formula is C16H28N2O. The Morgan fingerprint density at radius 3 is 2.42 bits per heavy atom. The lowest BCUT2D eigenvalue weighted by molar-refractivity contribution is 0.216. The first-order valence-corrected chi connectivity index (χ1v) is 6.95. The molecule has 1 rings (SSSR count). The number of rotatable bonds is 6. The first-order chi connectivity index (χ1) is 8.77. The molecule has 0 unspecified atom stereocenters. The van der Waals surface area contributed by atoms with Gasteiger partial charge in [0.25, 0.3) is 0 Å². The maximum absolute atomic E-state index is 9.44. The van der Waals surface area contributed by atoms with Crippen LogP contribution in [0.4, 0.5) is 5.69 Å². The Bertz CT molecular complexity index is 413. The molecule has 1 aromatic carbocycles. The summed E-state index contributed by atoms with van der Waals surface area (Å²) in [7, 11) is 2.02. The van der Waals surface area contributed by atoms with Gasteiger partial charge in [-0.05, 0) is 44.0 Å². The number of aliphatic hydroxyl groups excluding tert-OH is 1. The van der Waals surface area contributed by atoms with E-state index in [0.717, 1.165) is 12.2 Å². The van der Waals surface area contributed by atoms with Crippen molar-refractivity contribution in [1.82, 2.24) is 5.32 Å². The molecule has 3 heteroatoms. The summed E-state index contributed by atoms with van der Waals surface area (Å²) in [6, 6.07) is 6.98. The summed E-state index contributed by atoms with van der Waals surface area (Å²) < 4.78 is 0. The molecule has 0 saturated heterocycles.